The molecule has 172 valence electrons. The average Bonchev–Trinajstić information content (AvgIpc) is 2.78. The maximum atomic E-state index is 11.4. The van der Waals surface area contributed by atoms with Crippen LogP contribution in [0.5, 0.6) is 0 Å². The van der Waals surface area contributed by atoms with Crippen LogP contribution in [0.25, 0.3) is 0 Å². The fraction of sp³-hybridized carbons (Fsp3) is 0.464. The zero-order chi connectivity index (χ0) is 23.2. The largest absolute Gasteiger partial charge is 0.478 e. The topological polar surface area (TPSA) is 46.5 Å². The lowest BCUT2D eigenvalue weighted by Crippen LogP contribution is -2.67. The third-order valence-electron chi connectivity index (χ3n) is 6.85. The van der Waals surface area contributed by atoms with E-state index < -0.39 is 14.3 Å². The van der Waals surface area contributed by atoms with Crippen molar-refractivity contribution >= 4 is 24.7 Å². The lowest BCUT2D eigenvalue weighted by atomic mass is 9.84. The highest BCUT2D eigenvalue weighted by molar-refractivity contribution is 6.99. The van der Waals surface area contributed by atoms with E-state index in [4.69, 9.17) is 4.43 Å². The van der Waals surface area contributed by atoms with Crippen LogP contribution in [0.1, 0.15) is 66.2 Å². The number of benzene rings is 2. The van der Waals surface area contributed by atoms with E-state index in [1.807, 2.05) is 13.0 Å². The SMILES string of the molecule is CCC(=CCC1CCCC(O[Si](c2ccccc2)(c2ccccc2)C(C)(C)C)C1)C(=O)O. The number of carboxylic acids is 1. The molecule has 3 nitrogen and oxygen atoms in total. The maximum Gasteiger partial charge on any atom is 0.331 e. The molecule has 0 spiro atoms. The molecule has 1 N–H and O–H groups in total. The minimum absolute atomic E-state index is 0.0265. The number of hydrogen-bond donors (Lipinski definition) is 1. The van der Waals surface area contributed by atoms with Crippen molar-refractivity contribution in [1.82, 2.24) is 0 Å². The molecule has 0 saturated heterocycles. The Labute approximate surface area is 194 Å². The van der Waals surface area contributed by atoms with Crippen molar-refractivity contribution in [2.45, 2.75) is 77.4 Å². The van der Waals surface area contributed by atoms with Gasteiger partial charge in [0.25, 0.3) is 8.32 Å². The maximum absolute atomic E-state index is 11.4. The van der Waals surface area contributed by atoms with Crippen molar-refractivity contribution in [2.24, 2.45) is 5.92 Å². The van der Waals surface area contributed by atoms with Gasteiger partial charge in [0.05, 0.1) is 0 Å². The monoisotopic (exact) mass is 450 g/mol. The van der Waals surface area contributed by atoms with Crippen molar-refractivity contribution in [3.8, 4) is 0 Å². The number of aliphatic carboxylic acids is 1. The molecule has 1 fully saturated rings. The molecule has 1 aliphatic rings. The zero-order valence-electron chi connectivity index (χ0n) is 20.0. The molecule has 2 unspecified atom stereocenters. The molecule has 2 atom stereocenters. The number of carbonyl (C=O) groups is 1. The zero-order valence-corrected chi connectivity index (χ0v) is 21.0. The van der Waals surface area contributed by atoms with Gasteiger partial charge in [0, 0.05) is 11.7 Å². The summed E-state index contributed by atoms with van der Waals surface area (Å²) in [5, 5.41) is 12.0. The smallest absolute Gasteiger partial charge is 0.331 e. The van der Waals surface area contributed by atoms with E-state index in [-0.39, 0.29) is 11.1 Å². The van der Waals surface area contributed by atoms with Crippen LogP contribution < -0.4 is 10.4 Å². The molecule has 32 heavy (non-hydrogen) atoms. The Kier molecular flexibility index (Phi) is 8.13. The van der Waals surface area contributed by atoms with Gasteiger partial charge in [-0.25, -0.2) is 4.79 Å². The summed E-state index contributed by atoms with van der Waals surface area (Å²) < 4.78 is 7.33. The van der Waals surface area contributed by atoms with Crippen molar-refractivity contribution in [3.63, 3.8) is 0 Å². The van der Waals surface area contributed by atoms with Gasteiger partial charge < -0.3 is 9.53 Å². The summed E-state index contributed by atoms with van der Waals surface area (Å²) >= 11 is 0. The highest BCUT2D eigenvalue weighted by Crippen LogP contribution is 2.40. The summed E-state index contributed by atoms with van der Waals surface area (Å²) in [6.45, 7) is 8.88. The second-order valence-corrected chi connectivity index (χ2v) is 14.3. The first-order chi connectivity index (χ1) is 15.3. The van der Waals surface area contributed by atoms with E-state index in [2.05, 4.69) is 81.4 Å². The Hall–Kier alpha value is -2.17. The van der Waals surface area contributed by atoms with Gasteiger partial charge in [-0.15, -0.1) is 0 Å². The highest BCUT2D eigenvalue weighted by Gasteiger charge is 2.51. The summed E-state index contributed by atoms with van der Waals surface area (Å²) in [4.78, 5) is 11.4. The molecule has 4 heteroatoms. The van der Waals surface area contributed by atoms with E-state index in [1.165, 1.54) is 10.4 Å². The third kappa shape index (κ3) is 5.41. The predicted molar refractivity (Wildman–Crippen MR) is 135 cm³/mol. The minimum atomic E-state index is -2.55. The molecule has 0 radical (unpaired) electrons. The number of carboxylic acid groups (broad SMARTS) is 1. The Morgan fingerprint density at radius 2 is 1.59 bits per heavy atom. The lowest BCUT2D eigenvalue weighted by Gasteiger charge is -2.46. The van der Waals surface area contributed by atoms with Gasteiger partial charge in [0.2, 0.25) is 0 Å². The van der Waals surface area contributed by atoms with Gasteiger partial charge in [0.1, 0.15) is 0 Å². The Morgan fingerprint density at radius 3 is 2.06 bits per heavy atom. The van der Waals surface area contributed by atoms with Gasteiger partial charge in [-0.2, -0.15) is 0 Å². The van der Waals surface area contributed by atoms with Crippen LogP contribution >= 0.6 is 0 Å². The summed E-state index contributed by atoms with van der Waals surface area (Å²) in [6.07, 6.45) is 7.90. The van der Waals surface area contributed by atoms with Crippen LogP contribution in [0, 0.1) is 5.92 Å². The molecular formula is C28H38O3Si. The number of rotatable bonds is 8. The third-order valence-corrected chi connectivity index (χ3v) is 11.9. The molecule has 1 aliphatic carbocycles. The molecule has 0 aliphatic heterocycles. The fourth-order valence-electron chi connectivity index (χ4n) is 5.20. The lowest BCUT2D eigenvalue weighted by molar-refractivity contribution is -0.132. The van der Waals surface area contributed by atoms with Crippen LogP contribution in [0.2, 0.25) is 5.04 Å². The standard InChI is InChI=1S/C28H38O3Si/c1-5-23(27(29)30)20-19-22-13-12-14-24(21-22)31-32(28(2,3)4,25-15-8-6-9-16-25)26-17-10-7-11-18-26/h6-11,15-18,20,22,24H,5,12-14,19,21H2,1-4H3,(H,29,30). The fourth-order valence-corrected chi connectivity index (χ4v) is 9.92. The highest BCUT2D eigenvalue weighted by atomic mass is 28.4. The van der Waals surface area contributed by atoms with E-state index in [1.54, 1.807) is 0 Å². The molecule has 2 aromatic rings. The summed E-state index contributed by atoms with van der Waals surface area (Å²) in [7, 11) is -2.55. The Bertz CT molecular complexity index is 860. The van der Waals surface area contributed by atoms with Crippen molar-refractivity contribution < 1.29 is 14.3 Å². The van der Waals surface area contributed by atoms with Crippen molar-refractivity contribution in [3.05, 3.63) is 72.3 Å². The first kappa shape index (κ1) is 24.5. The molecule has 3 rings (SSSR count). The van der Waals surface area contributed by atoms with Gasteiger partial charge in [-0.05, 0) is 53.4 Å². The van der Waals surface area contributed by atoms with Gasteiger partial charge in [-0.1, -0.05) is 101 Å². The van der Waals surface area contributed by atoms with Gasteiger partial charge in [0.15, 0.2) is 0 Å². The summed E-state index contributed by atoms with van der Waals surface area (Å²) in [6, 6.07) is 21.6. The summed E-state index contributed by atoms with van der Waals surface area (Å²) in [5.74, 6) is -0.309. The van der Waals surface area contributed by atoms with Crippen LogP contribution in [0.3, 0.4) is 0 Å². The van der Waals surface area contributed by atoms with Gasteiger partial charge >= 0.3 is 5.97 Å². The molecule has 0 bridgehead atoms. The molecule has 1 saturated carbocycles. The number of allylic oxidation sites excluding steroid dienone is 1. The van der Waals surface area contributed by atoms with Crippen LogP contribution in [0.4, 0.5) is 0 Å². The molecule has 0 amide bonds. The molecule has 0 heterocycles. The first-order valence-corrected chi connectivity index (χ1v) is 13.9. The normalized spacial score (nSPS) is 20.2. The van der Waals surface area contributed by atoms with Crippen molar-refractivity contribution in [1.29, 1.82) is 0 Å². The molecule has 0 aromatic heterocycles. The number of hydrogen-bond acceptors (Lipinski definition) is 2. The first-order valence-electron chi connectivity index (χ1n) is 12.0. The predicted octanol–water partition coefficient (Wildman–Crippen LogP) is 5.93. The van der Waals surface area contributed by atoms with E-state index in [9.17, 15) is 9.90 Å². The van der Waals surface area contributed by atoms with Crippen LogP contribution in [-0.4, -0.2) is 25.5 Å². The average molecular weight is 451 g/mol. The summed E-state index contributed by atoms with van der Waals surface area (Å²) in [5.41, 5.74) is 0.528. The quantitative estimate of drug-likeness (QED) is 0.400. The van der Waals surface area contributed by atoms with E-state index >= 15 is 0 Å². The Morgan fingerprint density at radius 1 is 1.03 bits per heavy atom. The molecular weight excluding hydrogens is 412 g/mol. The van der Waals surface area contributed by atoms with E-state index in [0.29, 0.717) is 17.9 Å². The second kappa shape index (κ2) is 10.6. The molecule has 2 aromatic carbocycles. The van der Waals surface area contributed by atoms with Crippen LogP contribution in [0.15, 0.2) is 72.3 Å². The Balaban J connectivity index is 1.93. The van der Waals surface area contributed by atoms with E-state index in [0.717, 1.165) is 32.1 Å². The van der Waals surface area contributed by atoms with Crippen molar-refractivity contribution in [2.75, 3.05) is 0 Å². The van der Waals surface area contributed by atoms with Crippen LogP contribution in [-0.2, 0) is 9.22 Å². The van der Waals surface area contributed by atoms with Gasteiger partial charge in [-0.3, -0.25) is 0 Å². The second-order valence-electron chi connectivity index (χ2n) is 10.1. The minimum Gasteiger partial charge on any atom is -0.478 e.